The second kappa shape index (κ2) is 4.40. The summed E-state index contributed by atoms with van der Waals surface area (Å²) in [5, 5.41) is 4.28. The van der Waals surface area contributed by atoms with Gasteiger partial charge in [-0.2, -0.15) is 5.10 Å². The van der Waals surface area contributed by atoms with Crippen molar-refractivity contribution in [3.63, 3.8) is 0 Å². The van der Waals surface area contributed by atoms with Gasteiger partial charge in [-0.05, 0) is 26.2 Å². The van der Waals surface area contributed by atoms with Crippen molar-refractivity contribution in [1.29, 1.82) is 0 Å². The van der Waals surface area contributed by atoms with E-state index in [-0.39, 0.29) is 5.91 Å². The number of amides is 1. The summed E-state index contributed by atoms with van der Waals surface area (Å²) in [5.74, 6) is 0.0669. The maximum absolute atomic E-state index is 12.3. The van der Waals surface area contributed by atoms with E-state index in [9.17, 15) is 4.79 Å². The van der Waals surface area contributed by atoms with Crippen molar-refractivity contribution in [2.45, 2.75) is 26.2 Å². The molecule has 1 amide bonds. The number of carbonyl (C=O) groups is 1. The molecule has 2 aromatic heterocycles. The second-order valence-electron chi connectivity index (χ2n) is 4.78. The van der Waals surface area contributed by atoms with Crippen LogP contribution in [0.3, 0.4) is 0 Å². The van der Waals surface area contributed by atoms with Gasteiger partial charge in [0.15, 0.2) is 5.65 Å². The van der Waals surface area contributed by atoms with E-state index in [1.165, 1.54) is 6.42 Å². The average molecular weight is 244 g/mol. The molecule has 0 unspecified atom stereocenters. The molecule has 2 aromatic rings. The molecule has 5 heteroatoms. The molecule has 5 nitrogen and oxygen atoms in total. The highest BCUT2D eigenvalue weighted by Crippen LogP contribution is 2.13. The highest BCUT2D eigenvalue weighted by Gasteiger charge is 2.19. The molecule has 3 rings (SSSR count). The number of fused-ring (bicyclic) bond motifs is 1. The van der Waals surface area contributed by atoms with E-state index in [0.717, 1.165) is 37.3 Å². The summed E-state index contributed by atoms with van der Waals surface area (Å²) in [6, 6.07) is 1.90. The van der Waals surface area contributed by atoms with E-state index in [1.807, 2.05) is 17.9 Å². The molecule has 18 heavy (non-hydrogen) atoms. The SMILES string of the molecule is Cc1cc2ncc(C(=O)N3CCCCC3)cn2n1. The Labute approximate surface area is 105 Å². The van der Waals surface area contributed by atoms with Crippen LogP contribution in [0.25, 0.3) is 5.65 Å². The van der Waals surface area contributed by atoms with Crippen LogP contribution >= 0.6 is 0 Å². The Morgan fingerprint density at radius 1 is 1.28 bits per heavy atom. The van der Waals surface area contributed by atoms with E-state index in [4.69, 9.17) is 0 Å². The Hall–Kier alpha value is -1.91. The van der Waals surface area contributed by atoms with Gasteiger partial charge in [0.25, 0.3) is 5.91 Å². The van der Waals surface area contributed by atoms with Crippen molar-refractivity contribution in [1.82, 2.24) is 19.5 Å². The quantitative estimate of drug-likeness (QED) is 0.766. The predicted molar refractivity (Wildman–Crippen MR) is 67.5 cm³/mol. The molecule has 94 valence electrons. The van der Waals surface area contributed by atoms with Gasteiger partial charge >= 0.3 is 0 Å². The van der Waals surface area contributed by atoms with E-state index < -0.39 is 0 Å². The molecular formula is C13H16N4O. The fourth-order valence-corrected chi connectivity index (χ4v) is 2.39. The minimum atomic E-state index is 0.0669. The number of carbonyl (C=O) groups excluding carboxylic acids is 1. The fourth-order valence-electron chi connectivity index (χ4n) is 2.39. The number of aromatic nitrogens is 3. The van der Waals surface area contributed by atoms with Crippen LogP contribution in [-0.2, 0) is 0 Å². The first-order valence-corrected chi connectivity index (χ1v) is 6.35. The van der Waals surface area contributed by atoms with Gasteiger partial charge in [-0.15, -0.1) is 0 Å². The minimum Gasteiger partial charge on any atom is -0.339 e. The molecule has 0 N–H and O–H groups in total. The lowest BCUT2D eigenvalue weighted by Crippen LogP contribution is -2.35. The first kappa shape index (κ1) is 11.2. The summed E-state index contributed by atoms with van der Waals surface area (Å²) in [6.45, 7) is 3.63. The van der Waals surface area contributed by atoms with Crippen LogP contribution in [0.5, 0.6) is 0 Å². The highest BCUT2D eigenvalue weighted by atomic mass is 16.2. The van der Waals surface area contributed by atoms with Crippen molar-refractivity contribution in [3.8, 4) is 0 Å². The van der Waals surface area contributed by atoms with Gasteiger partial charge in [0.05, 0.1) is 11.3 Å². The maximum Gasteiger partial charge on any atom is 0.256 e. The monoisotopic (exact) mass is 244 g/mol. The van der Waals surface area contributed by atoms with Crippen LogP contribution in [0.4, 0.5) is 0 Å². The zero-order chi connectivity index (χ0) is 12.5. The molecule has 3 heterocycles. The number of rotatable bonds is 1. The third kappa shape index (κ3) is 1.96. The number of piperidine rings is 1. The smallest absolute Gasteiger partial charge is 0.256 e. The van der Waals surface area contributed by atoms with Crippen molar-refractivity contribution in [2.24, 2.45) is 0 Å². The van der Waals surface area contributed by atoms with Gasteiger partial charge in [-0.25, -0.2) is 9.50 Å². The third-order valence-electron chi connectivity index (χ3n) is 3.33. The van der Waals surface area contributed by atoms with Crippen LogP contribution in [0, 0.1) is 6.92 Å². The fraction of sp³-hybridized carbons (Fsp3) is 0.462. The number of aryl methyl sites for hydroxylation is 1. The Morgan fingerprint density at radius 2 is 2.06 bits per heavy atom. The molecular weight excluding hydrogens is 228 g/mol. The zero-order valence-electron chi connectivity index (χ0n) is 10.5. The summed E-state index contributed by atoms with van der Waals surface area (Å²) in [7, 11) is 0. The molecule has 0 aromatic carbocycles. The van der Waals surface area contributed by atoms with Gasteiger partial charge in [0, 0.05) is 31.5 Å². The molecule has 0 saturated carbocycles. The van der Waals surface area contributed by atoms with Crippen LogP contribution in [-0.4, -0.2) is 38.5 Å². The first-order chi connectivity index (χ1) is 8.74. The van der Waals surface area contributed by atoms with Crippen LogP contribution in [0.1, 0.15) is 35.3 Å². The van der Waals surface area contributed by atoms with E-state index in [2.05, 4.69) is 10.1 Å². The number of hydrogen-bond acceptors (Lipinski definition) is 3. The Kier molecular flexibility index (Phi) is 2.74. The summed E-state index contributed by atoms with van der Waals surface area (Å²) >= 11 is 0. The number of nitrogens with zero attached hydrogens (tertiary/aromatic N) is 4. The molecule has 0 atom stereocenters. The number of likely N-dealkylation sites (tertiary alicyclic amines) is 1. The van der Waals surface area contributed by atoms with Crippen LogP contribution in [0.2, 0.25) is 0 Å². The minimum absolute atomic E-state index is 0.0669. The second-order valence-corrected chi connectivity index (χ2v) is 4.78. The van der Waals surface area contributed by atoms with Crippen LogP contribution in [0.15, 0.2) is 18.5 Å². The van der Waals surface area contributed by atoms with Gasteiger partial charge in [-0.3, -0.25) is 4.79 Å². The Balaban J connectivity index is 1.90. The highest BCUT2D eigenvalue weighted by molar-refractivity contribution is 5.93. The van der Waals surface area contributed by atoms with Crippen molar-refractivity contribution in [2.75, 3.05) is 13.1 Å². The van der Waals surface area contributed by atoms with Crippen molar-refractivity contribution < 1.29 is 4.79 Å². The lowest BCUT2D eigenvalue weighted by molar-refractivity contribution is 0.0723. The summed E-state index contributed by atoms with van der Waals surface area (Å²) in [6.07, 6.45) is 6.84. The van der Waals surface area contributed by atoms with Crippen molar-refractivity contribution in [3.05, 3.63) is 29.7 Å². The lowest BCUT2D eigenvalue weighted by Gasteiger charge is -2.26. The summed E-state index contributed by atoms with van der Waals surface area (Å²) in [5.41, 5.74) is 2.31. The van der Waals surface area contributed by atoms with Crippen molar-refractivity contribution >= 4 is 11.6 Å². The molecule has 0 bridgehead atoms. The molecule has 1 aliphatic rings. The van der Waals surface area contributed by atoms with E-state index >= 15 is 0 Å². The van der Waals surface area contributed by atoms with Gasteiger partial charge in [0.1, 0.15) is 0 Å². The largest absolute Gasteiger partial charge is 0.339 e. The topological polar surface area (TPSA) is 50.5 Å². The maximum atomic E-state index is 12.3. The first-order valence-electron chi connectivity index (χ1n) is 6.35. The normalized spacial score (nSPS) is 16.2. The molecule has 1 aliphatic heterocycles. The Morgan fingerprint density at radius 3 is 2.83 bits per heavy atom. The van der Waals surface area contributed by atoms with E-state index in [0.29, 0.717) is 5.56 Å². The Bertz CT molecular complexity index is 584. The summed E-state index contributed by atoms with van der Waals surface area (Å²) < 4.78 is 1.67. The molecule has 0 aliphatic carbocycles. The molecule has 0 radical (unpaired) electrons. The molecule has 0 spiro atoms. The van der Waals surface area contributed by atoms with Gasteiger partial charge < -0.3 is 4.90 Å². The average Bonchev–Trinajstić information content (AvgIpc) is 2.78. The third-order valence-corrected chi connectivity index (χ3v) is 3.33. The lowest BCUT2D eigenvalue weighted by atomic mass is 10.1. The van der Waals surface area contributed by atoms with Gasteiger partial charge in [-0.1, -0.05) is 0 Å². The van der Waals surface area contributed by atoms with Crippen LogP contribution < -0.4 is 0 Å². The van der Waals surface area contributed by atoms with E-state index in [1.54, 1.807) is 16.9 Å². The molecule has 1 fully saturated rings. The van der Waals surface area contributed by atoms with Gasteiger partial charge in [0.2, 0.25) is 0 Å². The predicted octanol–water partition coefficient (Wildman–Crippen LogP) is 1.66. The molecule has 1 saturated heterocycles. The number of hydrogen-bond donors (Lipinski definition) is 0. The summed E-state index contributed by atoms with van der Waals surface area (Å²) in [4.78, 5) is 18.5. The zero-order valence-corrected chi connectivity index (χ0v) is 10.5. The standard InChI is InChI=1S/C13H16N4O/c1-10-7-12-14-8-11(9-17(12)15-10)13(18)16-5-3-2-4-6-16/h7-9H,2-6H2,1H3.